The van der Waals surface area contributed by atoms with Crippen molar-refractivity contribution in [3.63, 3.8) is 0 Å². The molecule has 2 atom stereocenters. The van der Waals surface area contributed by atoms with E-state index in [9.17, 15) is 19.1 Å². The number of aromatic nitrogens is 2. The summed E-state index contributed by atoms with van der Waals surface area (Å²) in [6, 6.07) is 3.96. The average Bonchev–Trinajstić information content (AvgIpc) is 3.05. The Morgan fingerprint density at radius 2 is 2.19 bits per heavy atom. The Balaban J connectivity index is 1.57. The lowest BCUT2D eigenvalue weighted by atomic mass is 10.0. The van der Waals surface area contributed by atoms with Gasteiger partial charge in [0.05, 0.1) is 22.8 Å². The van der Waals surface area contributed by atoms with E-state index in [0.717, 1.165) is 11.3 Å². The minimum Gasteiger partial charge on any atom is -0.393 e. The summed E-state index contributed by atoms with van der Waals surface area (Å²) in [5.41, 5.74) is 2.54. The van der Waals surface area contributed by atoms with E-state index in [1.54, 1.807) is 21.5 Å². The molecular weight excluding hydrogens is 469 g/mol. The van der Waals surface area contributed by atoms with Gasteiger partial charge in [0.2, 0.25) is 0 Å². The molecule has 10 heteroatoms. The smallest absolute Gasteiger partial charge is 0.322 e. The zero-order valence-electron chi connectivity index (χ0n) is 17.4. The van der Waals surface area contributed by atoms with Gasteiger partial charge in [0.1, 0.15) is 11.5 Å². The van der Waals surface area contributed by atoms with Crippen LogP contribution in [0.15, 0.2) is 22.7 Å². The molecule has 0 saturated carbocycles. The lowest BCUT2D eigenvalue weighted by Crippen LogP contribution is -2.40. The van der Waals surface area contributed by atoms with Gasteiger partial charge >= 0.3 is 6.03 Å². The van der Waals surface area contributed by atoms with Gasteiger partial charge in [0, 0.05) is 50.3 Å². The normalized spacial score (nSPS) is 19.5. The summed E-state index contributed by atoms with van der Waals surface area (Å²) < 4.78 is 15.4. The van der Waals surface area contributed by atoms with Crippen molar-refractivity contribution in [3.8, 4) is 0 Å². The zero-order chi connectivity index (χ0) is 22.3. The standard InChI is InChI=1S/C21H25BrFN5O3/c1-3-18(29)12-9-26(2)20(30)19-14-11-27(7-6-17(14)25-28(19)10-12)21(31)24-13-4-5-16(23)15(22)8-13/h4-5,8,12,18,29H,3,6-7,9-11H2,1-2H3,(H,24,31)/t12?,18-/m0/s1. The van der Waals surface area contributed by atoms with Gasteiger partial charge in [-0.05, 0) is 40.5 Å². The van der Waals surface area contributed by atoms with Crippen LogP contribution in [0.1, 0.15) is 35.1 Å². The van der Waals surface area contributed by atoms with Gasteiger partial charge in [0.15, 0.2) is 0 Å². The molecule has 1 unspecified atom stereocenters. The molecule has 1 aromatic carbocycles. The first-order chi connectivity index (χ1) is 14.8. The topological polar surface area (TPSA) is 90.7 Å². The number of nitrogens with one attached hydrogen (secondary N) is 1. The van der Waals surface area contributed by atoms with E-state index >= 15 is 0 Å². The molecule has 2 aliphatic heterocycles. The Hall–Kier alpha value is -2.46. The van der Waals surface area contributed by atoms with Gasteiger partial charge in [-0.1, -0.05) is 6.92 Å². The fourth-order valence-electron chi connectivity index (χ4n) is 4.22. The van der Waals surface area contributed by atoms with Gasteiger partial charge < -0.3 is 20.2 Å². The number of fused-ring (bicyclic) bond motifs is 3. The second kappa shape index (κ2) is 8.58. The van der Waals surface area contributed by atoms with Crippen LogP contribution in [0.25, 0.3) is 0 Å². The van der Waals surface area contributed by atoms with Gasteiger partial charge in [-0.25, -0.2) is 9.18 Å². The number of carbonyl (C=O) groups is 2. The number of carbonyl (C=O) groups excluding carboxylic acids is 2. The van der Waals surface area contributed by atoms with Crippen LogP contribution in [0.4, 0.5) is 14.9 Å². The van der Waals surface area contributed by atoms with Crippen LogP contribution in [-0.4, -0.2) is 62.9 Å². The van der Waals surface area contributed by atoms with Crippen molar-refractivity contribution in [2.45, 2.75) is 39.0 Å². The van der Waals surface area contributed by atoms with Crippen molar-refractivity contribution in [1.82, 2.24) is 19.6 Å². The summed E-state index contributed by atoms with van der Waals surface area (Å²) in [6.45, 7) is 3.56. The molecule has 0 aliphatic carbocycles. The van der Waals surface area contributed by atoms with Crippen LogP contribution in [0.5, 0.6) is 0 Å². The first kappa shape index (κ1) is 21.8. The molecule has 2 aliphatic rings. The highest BCUT2D eigenvalue weighted by Gasteiger charge is 2.36. The molecular formula is C21H25BrFN5O3. The number of amides is 3. The first-order valence-corrected chi connectivity index (χ1v) is 11.1. The van der Waals surface area contributed by atoms with E-state index in [0.29, 0.717) is 43.9 Å². The van der Waals surface area contributed by atoms with Crippen molar-refractivity contribution in [3.05, 3.63) is 45.4 Å². The number of rotatable bonds is 3. The summed E-state index contributed by atoms with van der Waals surface area (Å²) in [5.74, 6) is -0.653. The van der Waals surface area contributed by atoms with Gasteiger partial charge in [0.25, 0.3) is 5.91 Å². The van der Waals surface area contributed by atoms with E-state index in [1.807, 2.05) is 6.92 Å². The molecule has 2 aromatic rings. The Kier molecular flexibility index (Phi) is 6.02. The molecule has 166 valence electrons. The van der Waals surface area contributed by atoms with Gasteiger partial charge in [-0.3, -0.25) is 9.48 Å². The number of halogens is 2. The van der Waals surface area contributed by atoms with Crippen LogP contribution in [0, 0.1) is 11.7 Å². The van der Waals surface area contributed by atoms with E-state index < -0.39 is 11.9 Å². The summed E-state index contributed by atoms with van der Waals surface area (Å²) in [4.78, 5) is 29.1. The maximum absolute atomic E-state index is 13.5. The van der Waals surface area contributed by atoms with Crippen molar-refractivity contribution >= 4 is 33.6 Å². The number of hydrogen-bond donors (Lipinski definition) is 2. The number of benzene rings is 1. The monoisotopic (exact) mass is 493 g/mol. The predicted molar refractivity (Wildman–Crippen MR) is 116 cm³/mol. The van der Waals surface area contributed by atoms with Crippen LogP contribution < -0.4 is 5.32 Å². The van der Waals surface area contributed by atoms with Crippen LogP contribution in [-0.2, 0) is 19.5 Å². The Morgan fingerprint density at radius 1 is 1.42 bits per heavy atom. The number of hydrogen-bond acceptors (Lipinski definition) is 4. The lowest BCUT2D eigenvalue weighted by molar-refractivity contribution is 0.0626. The van der Waals surface area contributed by atoms with Crippen molar-refractivity contribution < 1.29 is 19.1 Å². The lowest BCUT2D eigenvalue weighted by Gasteiger charge is -2.27. The quantitative estimate of drug-likeness (QED) is 0.687. The number of urea groups is 1. The van der Waals surface area contributed by atoms with Gasteiger partial charge in [-0.15, -0.1) is 0 Å². The molecule has 0 radical (unpaired) electrons. The minimum absolute atomic E-state index is 0.0992. The third kappa shape index (κ3) is 4.18. The van der Waals surface area contributed by atoms with Crippen LogP contribution in [0.2, 0.25) is 0 Å². The zero-order valence-corrected chi connectivity index (χ0v) is 19.0. The SMILES string of the molecule is CC[C@H](O)C1CN(C)C(=O)c2c3c(nn2C1)CCN(C(=O)Nc1ccc(F)c(Br)c1)C3. The molecule has 0 bridgehead atoms. The number of aliphatic hydroxyl groups is 1. The Bertz CT molecular complexity index is 1030. The second-order valence-electron chi connectivity index (χ2n) is 8.11. The minimum atomic E-state index is -0.514. The summed E-state index contributed by atoms with van der Waals surface area (Å²) in [6.07, 6.45) is 0.629. The predicted octanol–water partition coefficient (Wildman–Crippen LogP) is 2.85. The third-order valence-electron chi connectivity index (χ3n) is 5.99. The maximum Gasteiger partial charge on any atom is 0.322 e. The Labute approximate surface area is 188 Å². The van der Waals surface area contributed by atoms with E-state index in [1.165, 1.54) is 18.2 Å². The second-order valence-corrected chi connectivity index (χ2v) is 8.96. The molecule has 0 fully saturated rings. The summed E-state index contributed by atoms with van der Waals surface area (Å²) in [7, 11) is 1.73. The Morgan fingerprint density at radius 3 is 2.90 bits per heavy atom. The number of nitrogens with zero attached hydrogens (tertiary/aromatic N) is 4. The van der Waals surface area contributed by atoms with Gasteiger partial charge in [-0.2, -0.15) is 5.10 Å². The number of aliphatic hydroxyl groups excluding tert-OH is 1. The summed E-state index contributed by atoms with van der Waals surface area (Å²) in [5, 5.41) is 17.8. The van der Waals surface area contributed by atoms with E-state index in [2.05, 4.69) is 26.3 Å². The first-order valence-electron chi connectivity index (χ1n) is 10.3. The third-order valence-corrected chi connectivity index (χ3v) is 6.59. The average molecular weight is 494 g/mol. The van der Waals surface area contributed by atoms with E-state index in [-0.39, 0.29) is 28.9 Å². The largest absolute Gasteiger partial charge is 0.393 e. The van der Waals surface area contributed by atoms with Crippen LogP contribution in [0.3, 0.4) is 0 Å². The molecule has 0 spiro atoms. The molecule has 4 rings (SSSR count). The maximum atomic E-state index is 13.5. The highest BCUT2D eigenvalue weighted by Crippen LogP contribution is 2.28. The molecule has 2 N–H and O–H groups in total. The molecule has 1 aromatic heterocycles. The molecule has 0 saturated heterocycles. The number of anilines is 1. The molecule has 31 heavy (non-hydrogen) atoms. The fourth-order valence-corrected chi connectivity index (χ4v) is 4.60. The molecule has 8 nitrogen and oxygen atoms in total. The highest BCUT2D eigenvalue weighted by molar-refractivity contribution is 9.10. The van der Waals surface area contributed by atoms with Crippen molar-refractivity contribution in [2.75, 3.05) is 25.5 Å². The van der Waals surface area contributed by atoms with Crippen LogP contribution >= 0.6 is 15.9 Å². The van der Waals surface area contributed by atoms with Crippen molar-refractivity contribution in [2.24, 2.45) is 5.92 Å². The van der Waals surface area contributed by atoms with Crippen molar-refractivity contribution in [1.29, 1.82) is 0 Å². The fraction of sp³-hybridized carbons (Fsp3) is 0.476. The van der Waals surface area contributed by atoms with E-state index in [4.69, 9.17) is 0 Å². The molecule has 3 heterocycles. The summed E-state index contributed by atoms with van der Waals surface area (Å²) >= 11 is 3.12. The molecule has 3 amide bonds. The highest BCUT2D eigenvalue weighted by atomic mass is 79.9.